The topological polar surface area (TPSA) is 44.8 Å². The lowest BCUT2D eigenvalue weighted by Gasteiger charge is -2.17. The van der Waals surface area contributed by atoms with E-state index < -0.39 is 0 Å². The van der Waals surface area contributed by atoms with Gasteiger partial charge in [0.15, 0.2) is 0 Å². The van der Waals surface area contributed by atoms with Crippen LogP contribution in [0.1, 0.15) is 47.5 Å². The molecule has 0 aromatic heterocycles. The monoisotopic (exact) mass is 260 g/mol. The zero-order chi connectivity index (χ0) is 14.0. The molecule has 4 nitrogen and oxygen atoms in total. The molecular weight excluding hydrogens is 232 g/mol. The molecular formula is C14H28O4. The summed E-state index contributed by atoms with van der Waals surface area (Å²) >= 11 is 0. The first-order valence-electron chi connectivity index (χ1n) is 6.87. The summed E-state index contributed by atoms with van der Waals surface area (Å²) in [7, 11) is 0. The lowest BCUT2D eigenvalue weighted by Crippen LogP contribution is -2.25. The Labute approximate surface area is 111 Å². The third-order valence-corrected chi connectivity index (χ3v) is 2.39. The van der Waals surface area contributed by atoms with Gasteiger partial charge in [-0.05, 0) is 20.3 Å². The van der Waals surface area contributed by atoms with Crippen LogP contribution in [0.4, 0.5) is 0 Å². The summed E-state index contributed by atoms with van der Waals surface area (Å²) < 4.78 is 16.2. The molecule has 0 heterocycles. The van der Waals surface area contributed by atoms with E-state index >= 15 is 0 Å². The highest BCUT2D eigenvalue weighted by Crippen LogP contribution is 2.02. The molecule has 0 saturated carbocycles. The lowest BCUT2D eigenvalue weighted by atomic mass is 10.2. The van der Waals surface area contributed by atoms with E-state index in [1.807, 2.05) is 27.7 Å². The molecule has 0 rings (SSSR count). The highest BCUT2D eigenvalue weighted by atomic mass is 16.6. The van der Waals surface area contributed by atoms with Crippen molar-refractivity contribution in [3.05, 3.63) is 0 Å². The largest absolute Gasteiger partial charge is 0.460 e. The second kappa shape index (κ2) is 10.3. The first-order chi connectivity index (χ1) is 8.47. The molecule has 2 unspecified atom stereocenters. The summed E-state index contributed by atoms with van der Waals surface area (Å²) in [6.45, 7) is 11.3. The maximum absolute atomic E-state index is 11.3. The Morgan fingerprint density at radius 3 is 2.22 bits per heavy atom. The Hall–Kier alpha value is -0.610. The Morgan fingerprint density at radius 1 is 1.06 bits per heavy atom. The highest BCUT2D eigenvalue weighted by molar-refractivity contribution is 5.71. The average molecular weight is 260 g/mol. The number of carbonyl (C=O) groups is 1. The Balaban J connectivity index is 3.55. The summed E-state index contributed by atoms with van der Waals surface area (Å²) in [6.07, 6.45) is 2.09. The first kappa shape index (κ1) is 17.4. The number of ether oxygens (including phenoxy) is 3. The van der Waals surface area contributed by atoms with Crippen molar-refractivity contribution in [2.75, 3.05) is 19.8 Å². The van der Waals surface area contributed by atoms with E-state index in [0.717, 1.165) is 19.4 Å². The van der Waals surface area contributed by atoms with Gasteiger partial charge in [0, 0.05) is 6.61 Å². The minimum atomic E-state index is -0.206. The molecule has 0 aliphatic carbocycles. The molecule has 0 aliphatic rings. The fourth-order valence-electron chi connectivity index (χ4n) is 1.25. The molecule has 0 aromatic carbocycles. The van der Waals surface area contributed by atoms with E-state index in [4.69, 9.17) is 14.2 Å². The standard InChI is InChI=1S/C14H28O4/c1-6-7-8-17-12(4)9-16-10-13(5)18-14(15)11(2)3/h11-13H,6-10H2,1-5H3. The zero-order valence-corrected chi connectivity index (χ0v) is 12.4. The van der Waals surface area contributed by atoms with Crippen LogP contribution >= 0.6 is 0 Å². The van der Waals surface area contributed by atoms with Gasteiger partial charge >= 0.3 is 5.97 Å². The average Bonchev–Trinajstić information content (AvgIpc) is 2.29. The van der Waals surface area contributed by atoms with E-state index in [2.05, 4.69) is 6.92 Å². The molecule has 0 N–H and O–H groups in total. The summed E-state index contributed by atoms with van der Waals surface area (Å²) in [5.41, 5.74) is 0. The van der Waals surface area contributed by atoms with Crippen LogP contribution < -0.4 is 0 Å². The van der Waals surface area contributed by atoms with Crippen LogP contribution in [0.25, 0.3) is 0 Å². The number of hydrogen-bond acceptors (Lipinski definition) is 4. The van der Waals surface area contributed by atoms with Gasteiger partial charge in [0.05, 0.1) is 25.2 Å². The van der Waals surface area contributed by atoms with Crippen LogP contribution in [0.2, 0.25) is 0 Å². The molecule has 108 valence electrons. The van der Waals surface area contributed by atoms with Crippen LogP contribution in [0.15, 0.2) is 0 Å². The van der Waals surface area contributed by atoms with E-state index in [0.29, 0.717) is 13.2 Å². The quantitative estimate of drug-likeness (QED) is 0.447. The van der Waals surface area contributed by atoms with Gasteiger partial charge in [-0.25, -0.2) is 0 Å². The SMILES string of the molecule is CCCCOC(C)COCC(C)OC(=O)C(C)C. The van der Waals surface area contributed by atoms with Crippen molar-refractivity contribution in [2.45, 2.75) is 59.7 Å². The van der Waals surface area contributed by atoms with Crippen molar-refractivity contribution in [1.29, 1.82) is 0 Å². The molecule has 0 spiro atoms. The third kappa shape index (κ3) is 9.42. The van der Waals surface area contributed by atoms with E-state index in [-0.39, 0.29) is 24.1 Å². The molecule has 0 aromatic rings. The van der Waals surface area contributed by atoms with Crippen LogP contribution in [-0.4, -0.2) is 38.0 Å². The minimum Gasteiger partial charge on any atom is -0.460 e. The maximum Gasteiger partial charge on any atom is 0.308 e. The van der Waals surface area contributed by atoms with Crippen molar-refractivity contribution in [1.82, 2.24) is 0 Å². The summed E-state index contributed by atoms with van der Waals surface area (Å²) in [6, 6.07) is 0. The number of unbranched alkanes of at least 4 members (excludes halogenated alkanes) is 1. The fraction of sp³-hybridized carbons (Fsp3) is 0.929. The molecule has 0 radical (unpaired) electrons. The van der Waals surface area contributed by atoms with E-state index in [1.165, 1.54) is 0 Å². The minimum absolute atomic E-state index is 0.0875. The number of rotatable bonds is 10. The van der Waals surface area contributed by atoms with E-state index in [9.17, 15) is 4.79 Å². The zero-order valence-electron chi connectivity index (χ0n) is 12.4. The molecule has 0 fully saturated rings. The highest BCUT2D eigenvalue weighted by Gasteiger charge is 2.13. The fourth-order valence-corrected chi connectivity index (χ4v) is 1.25. The van der Waals surface area contributed by atoms with Crippen LogP contribution in [0, 0.1) is 5.92 Å². The normalized spacial score (nSPS) is 14.6. The van der Waals surface area contributed by atoms with Gasteiger partial charge in [0.2, 0.25) is 0 Å². The Morgan fingerprint density at radius 2 is 1.67 bits per heavy atom. The van der Waals surface area contributed by atoms with Gasteiger partial charge in [0.25, 0.3) is 0 Å². The molecule has 0 saturated heterocycles. The van der Waals surface area contributed by atoms with Crippen LogP contribution in [-0.2, 0) is 19.0 Å². The Kier molecular flexibility index (Phi) is 9.98. The van der Waals surface area contributed by atoms with Gasteiger partial charge in [-0.15, -0.1) is 0 Å². The van der Waals surface area contributed by atoms with Gasteiger partial charge in [-0.1, -0.05) is 27.2 Å². The molecule has 0 amide bonds. The number of esters is 1. The predicted octanol–water partition coefficient (Wildman–Crippen LogP) is 2.80. The van der Waals surface area contributed by atoms with Gasteiger partial charge in [-0.3, -0.25) is 4.79 Å². The lowest BCUT2D eigenvalue weighted by molar-refractivity contribution is -0.155. The molecule has 0 aliphatic heterocycles. The van der Waals surface area contributed by atoms with Crippen molar-refractivity contribution < 1.29 is 19.0 Å². The first-order valence-corrected chi connectivity index (χ1v) is 6.87. The second-order valence-electron chi connectivity index (χ2n) is 4.97. The van der Waals surface area contributed by atoms with Gasteiger partial charge in [-0.2, -0.15) is 0 Å². The summed E-state index contributed by atoms with van der Waals surface area (Å²) in [4.78, 5) is 11.3. The van der Waals surface area contributed by atoms with Crippen molar-refractivity contribution in [3.8, 4) is 0 Å². The second-order valence-corrected chi connectivity index (χ2v) is 4.97. The predicted molar refractivity (Wildman–Crippen MR) is 71.5 cm³/mol. The number of hydrogen-bond donors (Lipinski definition) is 0. The number of carbonyl (C=O) groups excluding carboxylic acids is 1. The molecule has 18 heavy (non-hydrogen) atoms. The van der Waals surface area contributed by atoms with E-state index in [1.54, 1.807) is 0 Å². The third-order valence-electron chi connectivity index (χ3n) is 2.39. The van der Waals surface area contributed by atoms with Crippen LogP contribution in [0.3, 0.4) is 0 Å². The van der Waals surface area contributed by atoms with Crippen molar-refractivity contribution in [3.63, 3.8) is 0 Å². The Bertz CT molecular complexity index is 216. The van der Waals surface area contributed by atoms with Gasteiger partial charge < -0.3 is 14.2 Å². The van der Waals surface area contributed by atoms with Crippen LogP contribution in [0.5, 0.6) is 0 Å². The van der Waals surface area contributed by atoms with Gasteiger partial charge in [0.1, 0.15) is 6.10 Å². The molecule has 4 heteroatoms. The summed E-state index contributed by atoms with van der Waals surface area (Å²) in [5, 5.41) is 0. The van der Waals surface area contributed by atoms with Crippen molar-refractivity contribution in [2.24, 2.45) is 5.92 Å². The summed E-state index contributed by atoms with van der Waals surface area (Å²) in [5.74, 6) is -0.276. The molecule has 2 atom stereocenters. The maximum atomic E-state index is 11.3. The smallest absolute Gasteiger partial charge is 0.308 e. The van der Waals surface area contributed by atoms with Crippen molar-refractivity contribution >= 4 is 5.97 Å². The molecule has 0 bridgehead atoms.